The third-order valence-electron chi connectivity index (χ3n) is 1.61. The first-order valence-corrected chi connectivity index (χ1v) is 4.31. The van der Waals surface area contributed by atoms with Crippen LogP contribution in [0, 0.1) is 11.3 Å². The van der Waals surface area contributed by atoms with Crippen LogP contribution in [0.4, 0.5) is 5.82 Å². The maximum absolute atomic E-state index is 8.74. The third kappa shape index (κ3) is 2.87. The van der Waals surface area contributed by atoms with Crippen LogP contribution in [-0.4, -0.2) is 16.5 Å². The van der Waals surface area contributed by atoms with Crippen LogP contribution in [0.2, 0.25) is 0 Å². The summed E-state index contributed by atoms with van der Waals surface area (Å²) in [6.45, 7) is 4.72. The van der Waals surface area contributed by atoms with E-state index in [1.54, 1.807) is 0 Å². The Hall–Kier alpha value is -1.89. The van der Waals surface area contributed by atoms with Gasteiger partial charge in [0.1, 0.15) is 23.8 Å². The Bertz CT molecular complexity index is 372. The van der Waals surface area contributed by atoms with E-state index in [1.807, 2.05) is 26.0 Å². The highest BCUT2D eigenvalue weighted by molar-refractivity contribution is 5.50. The Morgan fingerprint density at radius 3 is 3.07 bits per heavy atom. The van der Waals surface area contributed by atoms with E-state index in [0.717, 1.165) is 0 Å². The average Bonchev–Trinajstić information content (AvgIpc) is 2.18. The van der Waals surface area contributed by atoms with Crippen molar-refractivity contribution in [2.24, 2.45) is 0 Å². The van der Waals surface area contributed by atoms with Gasteiger partial charge in [-0.1, -0.05) is 11.6 Å². The fraction of sp³-hybridized carbons (Fsp3) is 0.300. The minimum absolute atomic E-state index is 0.467. The standard InChI is InChI=1S/C10H12N4/c1-8(2)3-4-13-10-9(5-11)6-12-7-14-10/h3,6-7H,4H2,1-2H3,(H,12,13,14). The van der Waals surface area contributed by atoms with Crippen LogP contribution < -0.4 is 5.32 Å². The Morgan fingerprint density at radius 1 is 1.64 bits per heavy atom. The van der Waals surface area contributed by atoms with Crippen molar-refractivity contribution in [1.29, 1.82) is 5.26 Å². The van der Waals surface area contributed by atoms with Gasteiger partial charge in [-0.3, -0.25) is 0 Å². The molecular formula is C10H12N4. The van der Waals surface area contributed by atoms with E-state index in [2.05, 4.69) is 15.3 Å². The first-order chi connectivity index (χ1) is 6.74. The third-order valence-corrected chi connectivity index (χ3v) is 1.61. The van der Waals surface area contributed by atoms with E-state index in [4.69, 9.17) is 5.26 Å². The summed E-state index contributed by atoms with van der Waals surface area (Å²) >= 11 is 0. The number of nitriles is 1. The first kappa shape index (κ1) is 10.2. The minimum atomic E-state index is 0.467. The molecule has 0 saturated heterocycles. The summed E-state index contributed by atoms with van der Waals surface area (Å²) in [6.07, 6.45) is 4.95. The molecule has 1 N–H and O–H groups in total. The quantitative estimate of drug-likeness (QED) is 0.734. The van der Waals surface area contributed by atoms with Gasteiger partial charge in [0, 0.05) is 6.54 Å². The van der Waals surface area contributed by atoms with Crippen LogP contribution in [0.1, 0.15) is 19.4 Å². The Balaban J connectivity index is 2.68. The second-order valence-corrected chi connectivity index (χ2v) is 3.06. The van der Waals surface area contributed by atoms with Gasteiger partial charge in [-0.05, 0) is 13.8 Å². The summed E-state index contributed by atoms with van der Waals surface area (Å²) in [6, 6.07) is 2.03. The molecule has 0 spiro atoms. The van der Waals surface area contributed by atoms with Gasteiger partial charge in [0.25, 0.3) is 0 Å². The Labute approximate surface area is 83.3 Å². The largest absolute Gasteiger partial charge is 0.365 e. The number of rotatable bonds is 3. The van der Waals surface area contributed by atoms with Gasteiger partial charge in [-0.2, -0.15) is 5.26 Å². The number of anilines is 1. The lowest BCUT2D eigenvalue weighted by Gasteiger charge is -2.02. The average molecular weight is 188 g/mol. The molecule has 72 valence electrons. The first-order valence-electron chi connectivity index (χ1n) is 4.31. The molecule has 0 unspecified atom stereocenters. The topological polar surface area (TPSA) is 61.6 Å². The van der Waals surface area contributed by atoms with E-state index < -0.39 is 0 Å². The van der Waals surface area contributed by atoms with Gasteiger partial charge in [0.05, 0.1) is 6.20 Å². The molecule has 0 radical (unpaired) electrons. The van der Waals surface area contributed by atoms with Crippen LogP contribution in [0.25, 0.3) is 0 Å². The van der Waals surface area contributed by atoms with E-state index in [1.165, 1.54) is 18.1 Å². The monoisotopic (exact) mass is 188 g/mol. The maximum Gasteiger partial charge on any atom is 0.147 e. The van der Waals surface area contributed by atoms with E-state index >= 15 is 0 Å². The van der Waals surface area contributed by atoms with Crippen molar-refractivity contribution >= 4 is 5.82 Å². The molecule has 0 amide bonds. The lowest BCUT2D eigenvalue weighted by Crippen LogP contribution is -2.03. The molecular weight excluding hydrogens is 176 g/mol. The van der Waals surface area contributed by atoms with E-state index in [-0.39, 0.29) is 0 Å². The number of aromatic nitrogens is 2. The zero-order valence-corrected chi connectivity index (χ0v) is 8.28. The Morgan fingerprint density at radius 2 is 2.43 bits per heavy atom. The lowest BCUT2D eigenvalue weighted by atomic mass is 10.3. The number of nitrogens with one attached hydrogen (secondary N) is 1. The fourth-order valence-corrected chi connectivity index (χ4v) is 0.904. The number of nitrogens with zero attached hydrogens (tertiary/aromatic N) is 3. The molecule has 4 heteroatoms. The zero-order valence-electron chi connectivity index (χ0n) is 8.28. The van der Waals surface area contributed by atoms with Crippen molar-refractivity contribution in [3.05, 3.63) is 29.7 Å². The molecule has 0 saturated carbocycles. The van der Waals surface area contributed by atoms with E-state index in [9.17, 15) is 0 Å². The second kappa shape index (κ2) is 4.97. The van der Waals surface area contributed by atoms with Gasteiger partial charge in [-0.25, -0.2) is 9.97 Å². The zero-order chi connectivity index (χ0) is 10.4. The molecule has 1 rings (SSSR count). The molecule has 0 aromatic carbocycles. The molecule has 1 heterocycles. The van der Waals surface area contributed by atoms with Crippen molar-refractivity contribution in [1.82, 2.24) is 9.97 Å². The predicted molar refractivity (Wildman–Crippen MR) is 54.7 cm³/mol. The van der Waals surface area contributed by atoms with E-state index in [0.29, 0.717) is 17.9 Å². The summed E-state index contributed by atoms with van der Waals surface area (Å²) in [5.74, 6) is 0.583. The van der Waals surface area contributed by atoms with Crippen molar-refractivity contribution in [2.45, 2.75) is 13.8 Å². The Kier molecular flexibility index (Phi) is 3.62. The number of hydrogen-bond donors (Lipinski definition) is 1. The molecule has 14 heavy (non-hydrogen) atoms. The van der Waals surface area contributed by atoms with Gasteiger partial charge in [0.15, 0.2) is 0 Å². The van der Waals surface area contributed by atoms with Crippen molar-refractivity contribution in [3.8, 4) is 6.07 Å². The number of allylic oxidation sites excluding steroid dienone is 1. The summed E-state index contributed by atoms with van der Waals surface area (Å²) in [4.78, 5) is 7.74. The summed E-state index contributed by atoms with van der Waals surface area (Å²) in [7, 11) is 0. The molecule has 0 aliphatic heterocycles. The molecule has 0 bridgehead atoms. The predicted octanol–water partition coefficient (Wildman–Crippen LogP) is 1.73. The molecule has 0 fully saturated rings. The molecule has 0 aliphatic rings. The van der Waals surface area contributed by atoms with Crippen LogP contribution in [0.5, 0.6) is 0 Å². The molecule has 4 nitrogen and oxygen atoms in total. The summed E-state index contributed by atoms with van der Waals surface area (Å²) < 4.78 is 0. The van der Waals surface area contributed by atoms with Gasteiger partial charge in [0.2, 0.25) is 0 Å². The molecule has 0 atom stereocenters. The highest BCUT2D eigenvalue weighted by atomic mass is 15.0. The smallest absolute Gasteiger partial charge is 0.147 e. The van der Waals surface area contributed by atoms with Gasteiger partial charge in [-0.15, -0.1) is 0 Å². The second-order valence-electron chi connectivity index (χ2n) is 3.06. The van der Waals surface area contributed by atoms with Crippen LogP contribution in [0.15, 0.2) is 24.2 Å². The van der Waals surface area contributed by atoms with Crippen molar-refractivity contribution in [2.75, 3.05) is 11.9 Å². The summed E-state index contributed by atoms with van der Waals surface area (Å²) in [5, 5.41) is 11.8. The maximum atomic E-state index is 8.74. The van der Waals surface area contributed by atoms with Gasteiger partial charge >= 0.3 is 0 Å². The van der Waals surface area contributed by atoms with Crippen molar-refractivity contribution < 1.29 is 0 Å². The molecule has 0 aliphatic carbocycles. The van der Waals surface area contributed by atoms with Crippen molar-refractivity contribution in [3.63, 3.8) is 0 Å². The van der Waals surface area contributed by atoms with Gasteiger partial charge < -0.3 is 5.32 Å². The fourth-order valence-electron chi connectivity index (χ4n) is 0.904. The SMILES string of the molecule is CC(C)=CCNc1ncncc1C#N. The number of hydrogen-bond acceptors (Lipinski definition) is 4. The highest BCUT2D eigenvalue weighted by Gasteiger charge is 1.99. The normalized spacial score (nSPS) is 8.93. The minimum Gasteiger partial charge on any atom is -0.365 e. The van der Waals surface area contributed by atoms with Crippen LogP contribution in [0.3, 0.4) is 0 Å². The lowest BCUT2D eigenvalue weighted by molar-refractivity contribution is 1.12. The molecule has 1 aromatic rings. The van der Waals surface area contributed by atoms with Crippen LogP contribution in [-0.2, 0) is 0 Å². The highest BCUT2D eigenvalue weighted by Crippen LogP contribution is 2.07. The summed E-state index contributed by atoms with van der Waals surface area (Å²) in [5.41, 5.74) is 1.69. The van der Waals surface area contributed by atoms with Crippen LogP contribution >= 0.6 is 0 Å². The molecule has 1 aromatic heterocycles.